The van der Waals surface area contributed by atoms with Gasteiger partial charge in [-0.1, -0.05) is 32.0 Å². The Kier molecular flexibility index (Phi) is 3.20. The van der Waals surface area contributed by atoms with Gasteiger partial charge in [0.05, 0.1) is 6.10 Å². The van der Waals surface area contributed by atoms with Crippen molar-refractivity contribution in [2.45, 2.75) is 45.3 Å². The first kappa shape index (κ1) is 11.5. The summed E-state index contributed by atoms with van der Waals surface area (Å²) >= 11 is 0. The monoisotopic (exact) mass is 219 g/mol. The number of para-hydroxylation sites is 1. The Balaban J connectivity index is 2.00. The van der Waals surface area contributed by atoms with Crippen LogP contribution in [-0.4, -0.2) is 17.3 Å². The van der Waals surface area contributed by atoms with Gasteiger partial charge in [-0.3, -0.25) is 0 Å². The zero-order valence-electron chi connectivity index (χ0n) is 10.1. The third-order valence-corrected chi connectivity index (χ3v) is 3.29. The van der Waals surface area contributed by atoms with Gasteiger partial charge in [0.15, 0.2) is 0 Å². The van der Waals surface area contributed by atoms with Gasteiger partial charge in [-0.05, 0) is 36.8 Å². The minimum absolute atomic E-state index is 0.162. The molecule has 0 aromatic heterocycles. The molecule has 0 saturated heterocycles. The van der Waals surface area contributed by atoms with Crippen LogP contribution in [0, 0.1) is 5.41 Å². The summed E-state index contributed by atoms with van der Waals surface area (Å²) in [5.41, 5.74) is 1.39. The molecule has 88 valence electrons. The maximum absolute atomic E-state index is 9.85. The first-order chi connectivity index (χ1) is 7.55. The van der Waals surface area contributed by atoms with Gasteiger partial charge in [0.25, 0.3) is 0 Å². The van der Waals surface area contributed by atoms with Crippen molar-refractivity contribution in [1.29, 1.82) is 0 Å². The summed E-state index contributed by atoms with van der Waals surface area (Å²) in [6, 6.07) is 10.6. The molecule has 2 N–H and O–H groups in total. The van der Waals surface area contributed by atoms with E-state index in [0.717, 1.165) is 24.9 Å². The molecule has 1 fully saturated rings. The standard InChI is InChI=1S/C14H21NO/c1-14(2)9-12(8-13(16)10-14)15-11-6-4-3-5-7-11/h3-7,12-13,15-16H,8-10H2,1-2H3/t12-,13-/m0/s1. The molecule has 16 heavy (non-hydrogen) atoms. The van der Waals surface area contributed by atoms with Crippen molar-refractivity contribution in [3.63, 3.8) is 0 Å². The zero-order chi connectivity index (χ0) is 11.6. The van der Waals surface area contributed by atoms with E-state index in [1.807, 2.05) is 18.2 Å². The quantitative estimate of drug-likeness (QED) is 0.801. The molecule has 1 saturated carbocycles. The fourth-order valence-electron chi connectivity index (χ4n) is 2.76. The smallest absolute Gasteiger partial charge is 0.0564 e. The van der Waals surface area contributed by atoms with Crippen LogP contribution >= 0.6 is 0 Å². The van der Waals surface area contributed by atoms with Crippen LogP contribution < -0.4 is 5.32 Å². The predicted octanol–water partition coefficient (Wildman–Crippen LogP) is 3.04. The molecular weight excluding hydrogens is 198 g/mol. The Bertz CT molecular complexity index is 334. The number of rotatable bonds is 2. The van der Waals surface area contributed by atoms with Crippen molar-refractivity contribution in [2.75, 3.05) is 5.32 Å². The van der Waals surface area contributed by atoms with Crippen molar-refractivity contribution < 1.29 is 5.11 Å². The largest absolute Gasteiger partial charge is 0.393 e. The highest BCUT2D eigenvalue weighted by Crippen LogP contribution is 2.36. The van der Waals surface area contributed by atoms with Gasteiger partial charge in [-0.2, -0.15) is 0 Å². The molecule has 2 nitrogen and oxygen atoms in total. The third kappa shape index (κ3) is 2.99. The van der Waals surface area contributed by atoms with Crippen LogP contribution in [0.25, 0.3) is 0 Å². The Morgan fingerprint density at radius 3 is 2.50 bits per heavy atom. The van der Waals surface area contributed by atoms with E-state index in [1.165, 1.54) is 0 Å². The van der Waals surface area contributed by atoms with E-state index in [1.54, 1.807) is 0 Å². The van der Waals surface area contributed by atoms with Gasteiger partial charge >= 0.3 is 0 Å². The van der Waals surface area contributed by atoms with Crippen LogP contribution in [0.15, 0.2) is 30.3 Å². The number of nitrogens with one attached hydrogen (secondary N) is 1. The summed E-state index contributed by atoms with van der Waals surface area (Å²) in [7, 11) is 0. The second kappa shape index (κ2) is 4.46. The van der Waals surface area contributed by atoms with E-state index in [0.29, 0.717) is 6.04 Å². The molecule has 0 aliphatic heterocycles. The molecule has 1 aromatic carbocycles. The molecule has 0 radical (unpaired) electrons. The van der Waals surface area contributed by atoms with E-state index >= 15 is 0 Å². The van der Waals surface area contributed by atoms with Crippen LogP contribution in [0.5, 0.6) is 0 Å². The lowest BCUT2D eigenvalue weighted by atomic mass is 9.74. The molecule has 1 aliphatic carbocycles. The topological polar surface area (TPSA) is 32.3 Å². The van der Waals surface area contributed by atoms with Crippen molar-refractivity contribution in [3.05, 3.63) is 30.3 Å². The minimum atomic E-state index is -0.162. The van der Waals surface area contributed by atoms with Crippen LogP contribution in [-0.2, 0) is 0 Å². The lowest BCUT2D eigenvalue weighted by Gasteiger charge is -2.38. The molecule has 0 amide bonds. The zero-order valence-corrected chi connectivity index (χ0v) is 10.1. The number of benzene rings is 1. The average molecular weight is 219 g/mol. The number of aliphatic hydroxyl groups excluding tert-OH is 1. The van der Waals surface area contributed by atoms with E-state index in [2.05, 4.69) is 31.3 Å². The molecule has 1 aliphatic rings. The van der Waals surface area contributed by atoms with Gasteiger partial charge in [-0.25, -0.2) is 0 Å². The maximum Gasteiger partial charge on any atom is 0.0564 e. The summed E-state index contributed by atoms with van der Waals surface area (Å²) < 4.78 is 0. The van der Waals surface area contributed by atoms with Crippen LogP contribution in [0.3, 0.4) is 0 Å². The van der Waals surface area contributed by atoms with Crippen LogP contribution in [0.4, 0.5) is 5.69 Å². The summed E-state index contributed by atoms with van der Waals surface area (Å²) in [4.78, 5) is 0. The summed E-state index contributed by atoms with van der Waals surface area (Å²) in [6.45, 7) is 4.46. The third-order valence-electron chi connectivity index (χ3n) is 3.29. The molecule has 2 rings (SSSR count). The summed E-state index contributed by atoms with van der Waals surface area (Å²) in [5, 5.41) is 13.4. The molecule has 0 heterocycles. The Hall–Kier alpha value is -1.02. The molecule has 1 aromatic rings. The van der Waals surface area contributed by atoms with Crippen LogP contribution in [0.1, 0.15) is 33.1 Å². The number of anilines is 1. The van der Waals surface area contributed by atoms with Gasteiger partial charge in [-0.15, -0.1) is 0 Å². The van der Waals surface area contributed by atoms with Crippen molar-refractivity contribution >= 4 is 5.69 Å². The molecule has 0 unspecified atom stereocenters. The van der Waals surface area contributed by atoms with Crippen molar-refractivity contribution in [1.82, 2.24) is 0 Å². The Morgan fingerprint density at radius 1 is 1.19 bits per heavy atom. The van der Waals surface area contributed by atoms with E-state index < -0.39 is 0 Å². The van der Waals surface area contributed by atoms with Gasteiger partial charge in [0.2, 0.25) is 0 Å². The van der Waals surface area contributed by atoms with Crippen molar-refractivity contribution in [3.8, 4) is 0 Å². The number of hydrogen-bond donors (Lipinski definition) is 2. The second-order valence-electron chi connectivity index (χ2n) is 5.67. The van der Waals surface area contributed by atoms with Gasteiger partial charge < -0.3 is 10.4 Å². The number of aliphatic hydroxyl groups is 1. The SMILES string of the molecule is CC1(C)C[C@@H](O)C[C@H](Nc2ccccc2)C1. The molecule has 0 bridgehead atoms. The Morgan fingerprint density at radius 2 is 1.88 bits per heavy atom. The van der Waals surface area contributed by atoms with Gasteiger partial charge in [0.1, 0.15) is 0 Å². The summed E-state index contributed by atoms with van der Waals surface area (Å²) in [6.07, 6.45) is 2.74. The van der Waals surface area contributed by atoms with E-state index in [-0.39, 0.29) is 11.5 Å². The fourth-order valence-corrected chi connectivity index (χ4v) is 2.76. The lowest BCUT2D eigenvalue weighted by molar-refractivity contribution is 0.0596. The molecule has 2 heteroatoms. The molecule has 2 atom stereocenters. The highest BCUT2D eigenvalue weighted by atomic mass is 16.3. The van der Waals surface area contributed by atoms with E-state index in [4.69, 9.17) is 0 Å². The van der Waals surface area contributed by atoms with Crippen molar-refractivity contribution in [2.24, 2.45) is 5.41 Å². The summed E-state index contributed by atoms with van der Waals surface area (Å²) in [5.74, 6) is 0. The predicted molar refractivity (Wildman–Crippen MR) is 67.5 cm³/mol. The lowest BCUT2D eigenvalue weighted by Crippen LogP contribution is -2.38. The van der Waals surface area contributed by atoms with Gasteiger partial charge in [0, 0.05) is 11.7 Å². The number of hydrogen-bond acceptors (Lipinski definition) is 2. The minimum Gasteiger partial charge on any atom is -0.393 e. The first-order valence-electron chi connectivity index (χ1n) is 6.05. The molecule has 0 spiro atoms. The maximum atomic E-state index is 9.85. The first-order valence-corrected chi connectivity index (χ1v) is 6.05. The van der Waals surface area contributed by atoms with E-state index in [9.17, 15) is 5.11 Å². The molecular formula is C14H21NO. The average Bonchev–Trinajstić information content (AvgIpc) is 2.15. The Labute approximate surface area is 97.7 Å². The second-order valence-corrected chi connectivity index (χ2v) is 5.67. The highest BCUT2D eigenvalue weighted by molar-refractivity contribution is 5.43. The fraction of sp³-hybridized carbons (Fsp3) is 0.571. The van der Waals surface area contributed by atoms with Crippen LogP contribution in [0.2, 0.25) is 0 Å². The normalized spacial score (nSPS) is 28.7. The highest BCUT2D eigenvalue weighted by Gasteiger charge is 2.32.